The Balaban J connectivity index is 1.75. The maximum Gasteiger partial charge on any atom is 0.242 e. The van der Waals surface area contributed by atoms with Crippen molar-refractivity contribution in [2.75, 3.05) is 6.54 Å². The molecule has 0 bridgehead atoms. The highest BCUT2D eigenvalue weighted by Crippen LogP contribution is 2.22. The Bertz CT molecular complexity index is 948. The molecule has 0 radical (unpaired) electrons. The fourth-order valence-electron chi connectivity index (χ4n) is 2.69. The Kier molecular flexibility index (Phi) is 4.43. The van der Waals surface area contributed by atoms with Crippen molar-refractivity contribution in [3.63, 3.8) is 0 Å². The van der Waals surface area contributed by atoms with Gasteiger partial charge < -0.3 is 4.57 Å². The van der Waals surface area contributed by atoms with Crippen molar-refractivity contribution in [2.45, 2.75) is 11.3 Å². The second kappa shape index (κ2) is 6.35. The Hall–Kier alpha value is -1.82. The van der Waals surface area contributed by atoms with Gasteiger partial charge in [-0.05, 0) is 30.2 Å². The maximum absolute atomic E-state index is 12.3. The second-order valence-corrected chi connectivity index (χ2v) is 7.50. The van der Waals surface area contributed by atoms with E-state index in [1.54, 1.807) is 18.2 Å². The molecule has 0 aliphatic rings. The zero-order valence-electron chi connectivity index (χ0n) is 12.7. The molecule has 0 aliphatic heterocycles. The van der Waals surface area contributed by atoms with Crippen molar-refractivity contribution in [1.29, 1.82) is 0 Å². The van der Waals surface area contributed by atoms with Gasteiger partial charge in [0.2, 0.25) is 10.0 Å². The number of nitrogens with zero attached hydrogens (tertiary/aromatic N) is 1. The third kappa shape index (κ3) is 3.27. The summed E-state index contributed by atoms with van der Waals surface area (Å²) in [4.78, 5) is 0.111. The number of fused-ring (bicyclic) bond motifs is 1. The predicted octanol–water partition coefficient (Wildman–Crippen LogP) is 3.35. The van der Waals surface area contributed by atoms with E-state index in [1.165, 1.54) is 6.07 Å². The van der Waals surface area contributed by atoms with E-state index in [0.29, 0.717) is 13.0 Å². The SMILES string of the molecule is Cn1cc(CCNS(=O)(=O)c2ccccc2Cl)c2ccccc21. The summed E-state index contributed by atoms with van der Waals surface area (Å²) in [6.45, 7) is 0.321. The second-order valence-electron chi connectivity index (χ2n) is 5.36. The van der Waals surface area contributed by atoms with Gasteiger partial charge in [0.15, 0.2) is 0 Å². The highest BCUT2D eigenvalue weighted by Gasteiger charge is 2.17. The smallest absolute Gasteiger partial charge is 0.242 e. The number of sulfonamides is 1. The average molecular weight is 349 g/mol. The number of hydrogen-bond donors (Lipinski definition) is 1. The quantitative estimate of drug-likeness (QED) is 0.768. The molecule has 0 unspecified atom stereocenters. The van der Waals surface area contributed by atoms with Crippen LogP contribution in [0, 0.1) is 0 Å². The molecule has 1 heterocycles. The number of benzene rings is 2. The van der Waals surface area contributed by atoms with E-state index in [1.807, 2.05) is 42.1 Å². The van der Waals surface area contributed by atoms with Gasteiger partial charge in [-0.25, -0.2) is 13.1 Å². The van der Waals surface area contributed by atoms with Crippen LogP contribution in [-0.4, -0.2) is 19.5 Å². The van der Waals surface area contributed by atoms with Gasteiger partial charge in [-0.1, -0.05) is 41.9 Å². The van der Waals surface area contributed by atoms with E-state index >= 15 is 0 Å². The minimum atomic E-state index is -3.60. The lowest BCUT2D eigenvalue weighted by molar-refractivity contribution is 0.582. The van der Waals surface area contributed by atoms with Crippen molar-refractivity contribution in [3.05, 3.63) is 65.3 Å². The number of hydrogen-bond acceptors (Lipinski definition) is 2. The maximum atomic E-state index is 12.3. The third-order valence-corrected chi connectivity index (χ3v) is 5.75. The molecule has 0 amide bonds. The summed E-state index contributed by atoms with van der Waals surface area (Å²) in [6.07, 6.45) is 2.65. The fourth-order valence-corrected chi connectivity index (χ4v) is 4.23. The van der Waals surface area contributed by atoms with E-state index < -0.39 is 10.0 Å². The molecule has 4 nitrogen and oxygen atoms in total. The Labute approximate surface area is 140 Å². The van der Waals surface area contributed by atoms with Crippen molar-refractivity contribution in [3.8, 4) is 0 Å². The van der Waals surface area contributed by atoms with Crippen LogP contribution >= 0.6 is 11.6 Å². The first-order valence-corrected chi connectivity index (χ1v) is 9.12. The van der Waals surface area contributed by atoms with Crippen LogP contribution in [0.5, 0.6) is 0 Å². The first-order chi connectivity index (χ1) is 11.0. The summed E-state index contributed by atoms with van der Waals surface area (Å²) in [5.41, 5.74) is 2.25. The molecular formula is C17H17ClN2O2S. The highest BCUT2D eigenvalue weighted by molar-refractivity contribution is 7.89. The van der Waals surface area contributed by atoms with E-state index in [0.717, 1.165) is 16.5 Å². The average Bonchev–Trinajstić information content (AvgIpc) is 2.84. The number of aryl methyl sites for hydroxylation is 1. The van der Waals surface area contributed by atoms with Crippen LogP contribution in [0.2, 0.25) is 5.02 Å². The van der Waals surface area contributed by atoms with Crippen LogP contribution in [0.4, 0.5) is 0 Å². The van der Waals surface area contributed by atoms with Crippen LogP contribution in [0.1, 0.15) is 5.56 Å². The molecule has 0 saturated carbocycles. The van der Waals surface area contributed by atoms with Gasteiger partial charge in [0.25, 0.3) is 0 Å². The molecule has 0 fully saturated rings. The van der Waals surface area contributed by atoms with Gasteiger partial charge >= 0.3 is 0 Å². The molecule has 2 aromatic carbocycles. The van der Waals surface area contributed by atoms with Crippen molar-refractivity contribution in [1.82, 2.24) is 9.29 Å². The topological polar surface area (TPSA) is 51.1 Å². The van der Waals surface area contributed by atoms with E-state index in [4.69, 9.17) is 11.6 Å². The highest BCUT2D eigenvalue weighted by atomic mass is 35.5. The molecule has 0 spiro atoms. The van der Waals surface area contributed by atoms with Gasteiger partial charge in [0.05, 0.1) is 5.02 Å². The normalized spacial score (nSPS) is 11.9. The lowest BCUT2D eigenvalue weighted by Crippen LogP contribution is -2.26. The molecule has 6 heteroatoms. The Morgan fingerprint density at radius 3 is 2.57 bits per heavy atom. The lowest BCUT2D eigenvalue weighted by atomic mass is 10.1. The molecule has 3 rings (SSSR count). The number of para-hydroxylation sites is 1. The molecule has 0 saturated heterocycles. The largest absolute Gasteiger partial charge is 0.350 e. The van der Waals surface area contributed by atoms with Crippen LogP contribution in [0.3, 0.4) is 0 Å². The standard InChI is InChI=1S/C17H17ClN2O2S/c1-20-12-13(14-6-2-4-8-16(14)20)10-11-19-23(21,22)17-9-5-3-7-15(17)18/h2-9,12,19H,10-11H2,1H3. The molecule has 23 heavy (non-hydrogen) atoms. The molecule has 3 aromatic rings. The van der Waals surface area contributed by atoms with Gasteiger partial charge in [-0.15, -0.1) is 0 Å². The van der Waals surface area contributed by atoms with Crippen LogP contribution in [0.25, 0.3) is 10.9 Å². The van der Waals surface area contributed by atoms with E-state index in [2.05, 4.69) is 4.72 Å². The summed E-state index contributed by atoms with van der Waals surface area (Å²) in [7, 11) is -1.61. The predicted molar refractivity (Wildman–Crippen MR) is 93.3 cm³/mol. The van der Waals surface area contributed by atoms with Crippen molar-refractivity contribution >= 4 is 32.5 Å². The summed E-state index contributed by atoms with van der Waals surface area (Å²) in [5.74, 6) is 0. The van der Waals surface area contributed by atoms with Gasteiger partial charge in [0, 0.05) is 30.7 Å². The fraction of sp³-hybridized carbons (Fsp3) is 0.176. The van der Waals surface area contributed by atoms with E-state index in [9.17, 15) is 8.42 Å². The summed E-state index contributed by atoms with van der Waals surface area (Å²) < 4.78 is 29.3. The summed E-state index contributed by atoms with van der Waals surface area (Å²) >= 11 is 5.96. The Morgan fingerprint density at radius 1 is 1.09 bits per heavy atom. The monoisotopic (exact) mass is 348 g/mol. The van der Waals surface area contributed by atoms with Crippen molar-refractivity contribution < 1.29 is 8.42 Å². The molecule has 0 atom stereocenters. The zero-order valence-corrected chi connectivity index (χ0v) is 14.2. The molecular weight excluding hydrogens is 332 g/mol. The number of aromatic nitrogens is 1. The Morgan fingerprint density at radius 2 is 1.78 bits per heavy atom. The molecule has 120 valence electrons. The van der Waals surface area contributed by atoms with Crippen molar-refractivity contribution in [2.24, 2.45) is 7.05 Å². The third-order valence-electron chi connectivity index (χ3n) is 3.79. The van der Waals surface area contributed by atoms with Gasteiger partial charge in [-0.2, -0.15) is 0 Å². The van der Waals surface area contributed by atoms with Crippen LogP contribution in [0.15, 0.2) is 59.6 Å². The van der Waals surface area contributed by atoms with Gasteiger partial charge in [0.1, 0.15) is 4.90 Å². The lowest BCUT2D eigenvalue weighted by Gasteiger charge is -2.07. The molecule has 1 aromatic heterocycles. The number of halogens is 1. The molecule has 0 aliphatic carbocycles. The van der Waals surface area contributed by atoms with Crippen LogP contribution < -0.4 is 4.72 Å². The number of nitrogens with one attached hydrogen (secondary N) is 1. The first-order valence-electron chi connectivity index (χ1n) is 7.26. The van der Waals surface area contributed by atoms with Gasteiger partial charge in [-0.3, -0.25) is 0 Å². The molecule has 1 N–H and O–H groups in total. The minimum Gasteiger partial charge on any atom is -0.350 e. The number of rotatable bonds is 5. The van der Waals surface area contributed by atoms with Crippen LogP contribution in [-0.2, 0) is 23.5 Å². The summed E-state index contributed by atoms with van der Waals surface area (Å²) in [5, 5.41) is 1.37. The first kappa shape index (κ1) is 16.1. The minimum absolute atomic E-state index is 0.111. The van der Waals surface area contributed by atoms with E-state index in [-0.39, 0.29) is 9.92 Å². The summed E-state index contributed by atoms with van der Waals surface area (Å²) in [6, 6.07) is 14.5. The zero-order chi connectivity index (χ0) is 16.4.